The SMILES string of the molecule is F[C-](F)C(F)(F)C(F)(F)F.[Li+]. The Kier molecular flexibility index (Phi) is 4.57. The molecule has 8 heteroatoms. The molecule has 0 atom stereocenters. The average molecular weight is 176 g/mol. The Hall–Kier alpha value is 0.107. The van der Waals surface area contributed by atoms with Crippen molar-refractivity contribution in [3.63, 3.8) is 0 Å². The van der Waals surface area contributed by atoms with Gasteiger partial charge in [-0.25, -0.2) is 8.78 Å². The molecule has 0 fully saturated rings. The van der Waals surface area contributed by atoms with Gasteiger partial charge in [0.1, 0.15) is 0 Å². The third kappa shape index (κ3) is 2.91. The van der Waals surface area contributed by atoms with Gasteiger partial charge in [0.2, 0.25) is 0 Å². The Morgan fingerprint density at radius 2 is 1.09 bits per heavy atom. The largest absolute Gasteiger partial charge is 1.00 e. The second kappa shape index (κ2) is 3.67. The summed E-state index contributed by atoms with van der Waals surface area (Å²) in [5, 5.41) is 0. The average Bonchev–Trinajstić information content (AvgIpc) is 1.62. The summed E-state index contributed by atoms with van der Waals surface area (Å²) in [6.07, 6.45) is -10.1. The van der Waals surface area contributed by atoms with Gasteiger partial charge in [0.15, 0.2) is 0 Å². The maximum Gasteiger partial charge on any atom is 1.00 e. The normalized spacial score (nSPS) is 13.1. The number of halogens is 7. The molecule has 0 unspecified atom stereocenters. The van der Waals surface area contributed by atoms with Gasteiger partial charge in [-0.3, -0.25) is 0 Å². The van der Waals surface area contributed by atoms with Crippen LogP contribution in [0.15, 0.2) is 0 Å². The second-order valence-electron chi connectivity index (χ2n) is 1.33. The van der Waals surface area contributed by atoms with Crippen LogP contribution >= 0.6 is 0 Å². The summed E-state index contributed by atoms with van der Waals surface area (Å²) in [6.45, 7) is 0. The van der Waals surface area contributed by atoms with Crippen LogP contribution in [-0.2, 0) is 0 Å². The van der Waals surface area contributed by atoms with Crippen LogP contribution in [-0.4, -0.2) is 12.1 Å². The number of rotatable bonds is 1. The fraction of sp³-hybridized carbons (Fsp3) is 0.667. The smallest absolute Gasteiger partial charge is 0.415 e. The van der Waals surface area contributed by atoms with E-state index in [4.69, 9.17) is 0 Å². The standard InChI is InChI=1S/C3F7.Li/c4-1(5)2(6,7)3(8,9)10;/q-1;+1. The fourth-order valence-electron chi connectivity index (χ4n) is 0.107. The van der Waals surface area contributed by atoms with Crippen LogP contribution in [0.2, 0.25) is 0 Å². The van der Waals surface area contributed by atoms with E-state index in [0.29, 0.717) is 0 Å². The molecule has 0 aromatic heterocycles. The first-order valence-corrected chi connectivity index (χ1v) is 1.82. The molecule has 0 bridgehead atoms. The Morgan fingerprint density at radius 3 is 1.09 bits per heavy atom. The molecule has 0 rings (SSSR count). The van der Waals surface area contributed by atoms with Crippen LogP contribution in [0.3, 0.4) is 0 Å². The summed E-state index contributed by atoms with van der Waals surface area (Å²) < 4.78 is 76.3. The number of hydrogen-bond acceptors (Lipinski definition) is 0. The van der Waals surface area contributed by atoms with Crippen molar-refractivity contribution in [2.24, 2.45) is 0 Å². The van der Waals surface area contributed by atoms with E-state index in [9.17, 15) is 30.7 Å². The molecule has 0 spiro atoms. The Bertz CT molecular complexity index is 115. The van der Waals surface area contributed by atoms with Crippen molar-refractivity contribution in [3.8, 4) is 0 Å². The van der Waals surface area contributed by atoms with E-state index in [0.717, 1.165) is 0 Å². The molecule has 0 aliphatic heterocycles. The van der Waals surface area contributed by atoms with Crippen molar-refractivity contribution in [1.29, 1.82) is 0 Å². The summed E-state index contributed by atoms with van der Waals surface area (Å²) in [4.78, 5) is 0. The Morgan fingerprint density at radius 1 is 0.818 bits per heavy atom. The van der Waals surface area contributed by atoms with E-state index in [1.165, 1.54) is 0 Å². The van der Waals surface area contributed by atoms with Crippen LogP contribution in [0.1, 0.15) is 0 Å². The van der Waals surface area contributed by atoms with Gasteiger partial charge >= 0.3 is 25.0 Å². The van der Waals surface area contributed by atoms with Gasteiger partial charge < -0.3 is 8.78 Å². The first kappa shape index (κ1) is 13.7. The molecule has 0 nitrogen and oxygen atoms in total. The minimum atomic E-state index is -6.20. The molecule has 0 aliphatic rings. The van der Waals surface area contributed by atoms with Gasteiger partial charge in [0.05, 0.1) is 6.43 Å². The Balaban J connectivity index is 0. The minimum Gasteiger partial charge on any atom is -0.415 e. The predicted molar refractivity (Wildman–Crippen MR) is 16.5 cm³/mol. The molecule has 0 saturated carbocycles. The van der Waals surface area contributed by atoms with E-state index >= 15 is 0 Å². The predicted octanol–water partition coefficient (Wildman–Crippen LogP) is -0.384. The maximum absolute atomic E-state index is 11.1. The van der Waals surface area contributed by atoms with Crippen LogP contribution in [0.5, 0.6) is 0 Å². The van der Waals surface area contributed by atoms with Crippen molar-refractivity contribution >= 4 is 0 Å². The fourth-order valence-corrected chi connectivity index (χ4v) is 0.107. The van der Waals surface area contributed by atoms with Crippen LogP contribution in [0.4, 0.5) is 30.7 Å². The maximum atomic E-state index is 11.1. The van der Waals surface area contributed by atoms with Gasteiger partial charge in [-0.05, 0) is 0 Å². The zero-order chi connectivity index (χ0) is 8.58. The molecular formula is C3F7Li. The van der Waals surface area contributed by atoms with Crippen LogP contribution in [0, 0.1) is 6.43 Å². The van der Waals surface area contributed by atoms with Gasteiger partial charge in [0.25, 0.3) is 5.92 Å². The van der Waals surface area contributed by atoms with E-state index in [-0.39, 0.29) is 18.9 Å². The Labute approximate surface area is 68.9 Å². The zero-order valence-corrected chi connectivity index (χ0v) is 5.15. The van der Waals surface area contributed by atoms with Crippen LogP contribution in [0.25, 0.3) is 0 Å². The molecule has 0 saturated heterocycles. The van der Waals surface area contributed by atoms with Gasteiger partial charge in [-0.15, -0.1) is 0 Å². The minimum absolute atomic E-state index is 0. The number of hydrogen-bond donors (Lipinski definition) is 0. The molecular weight excluding hydrogens is 176 g/mol. The van der Waals surface area contributed by atoms with E-state index < -0.39 is 18.5 Å². The van der Waals surface area contributed by atoms with Crippen molar-refractivity contribution in [2.45, 2.75) is 12.1 Å². The van der Waals surface area contributed by atoms with Crippen molar-refractivity contribution in [2.75, 3.05) is 0 Å². The van der Waals surface area contributed by atoms with E-state index in [2.05, 4.69) is 0 Å². The van der Waals surface area contributed by atoms with Crippen molar-refractivity contribution in [1.82, 2.24) is 0 Å². The number of alkyl halides is 5. The van der Waals surface area contributed by atoms with Crippen molar-refractivity contribution in [3.05, 3.63) is 6.43 Å². The summed E-state index contributed by atoms with van der Waals surface area (Å²) in [5.74, 6) is -5.98. The molecule has 0 N–H and O–H groups in total. The first-order valence-electron chi connectivity index (χ1n) is 1.82. The molecule has 0 amide bonds. The van der Waals surface area contributed by atoms with E-state index in [1.54, 1.807) is 0 Å². The van der Waals surface area contributed by atoms with Gasteiger partial charge in [0, 0.05) is 0 Å². The first-order chi connectivity index (χ1) is 4.19. The quantitative estimate of drug-likeness (QED) is 0.290. The second-order valence-corrected chi connectivity index (χ2v) is 1.33. The summed E-state index contributed by atoms with van der Waals surface area (Å²) in [7, 11) is 0. The van der Waals surface area contributed by atoms with Gasteiger partial charge in [-0.2, -0.15) is 13.2 Å². The van der Waals surface area contributed by atoms with E-state index in [1.807, 2.05) is 0 Å². The zero-order valence-electron chi connectivity index (χ0n) is 5.15. The molecule has 0 radical (unpaired) electrons. The third-order valence-electron chi connectivity index (χ3n) is 0.593. The van der Waals surface area contributed by atoms with Crippen LogP contribution < -0.4 is 18.9 Å². The molecule has 0 aromatic rings. The monoisotopic (exact) mass is 176 g/mol. The topological polar surface area (TPSA) is 0 Å². The van der Waals surface area contributed by atoms with Gasteiger partial charge in [-0.1, -0.05) is 0 Å². The third-order valence-corrected chi connectivity index (χ3v) is 0.593. The molecule has 0 aromatic carbocycles. The molecule has 0 heterocycles. The molecule has 0 aliphatic carbocycles. The molecule has 62 valence electrons. The summed E-state index contributed by atoms with van der Waals surface area (Å²) >= 11 is 0. The molecule has 11 heavy (non-hydrogen) atoms. The van der Waals surface area contributed by atoms with Crippen molar-refractivity contribution < 1.29 is 49.6 Å². The summed E-state index contributed by atoms with van der Waals surface area (Å²) in [6, 6.07) is 0. The summed E-state index contributed by atoms with van der Waals surface area (Å²) in [5.41, 5.74) is 0.